The second-order valence-electron chi connectivity index (χ2n) is 5.15. The molecule has 1 rings (SSSR count). The molecule has 0 saturated carbocycles. The van der Waals surface area contributed by atoms with Gasteiger partial charge < -0.3 is 4.57 Å². The third-order valence-electron chi connectivity index (χ3n) is 2.93. The van der Waals surface area contributed by atoms with Crippen molar-refractivity contribution in [2.45, 2.75) is 52.4 Å². The van der Waals surface area contributed by atoms with Crippen molar-refractivity contribution in [2.75, 3.05) is 0 Å². The van der Waals surface area contributed by atoms with Crippen LogP contribution < -0.4 is 0 Å². The van der Waals surface area contributed by atoms with Crippen LogP contribution in [0.1, 0.15) is 52.2 Å². The first-order valence-electron chi connectivity index (χ1n) is 5.95. The fourth-order valence-corrected chi connectivity index (χ4v) is 2.06. The molecule has 0 saturated heterocycles. The highest BCUT2D eigenvalue weighted by Gasteiger charge is 2.20. The number of nitrogens with zero attached hydrogens (tertiary/aromatic N) is 3. The minimum Gasteiger partial charge on any atom is -0.314 e. The van der Waals surface area contributed by atoms with Gasteiger partial charge >= 0.3 is 0 Å². The number of alkyl halides is 1. The summed E-state index contributed by atoms with van der Waals surface area (Å²) >= 11 is 3.47. The van der Waals surface area contributed by atoms with Gasteiger partial charge in [-0.2, -0.15) is 0 Å². The fraction of sp³-hybridized carbons (Fsp3) is 0.833. The Kier molecular flexibility index (Phi) is 4.96. The average Bonchev–Trinajstić information content (AvgIpc) is 2.58. The lowest BCUT2D eigenvalue weighted by molar-refractivity contribution is 0.444. The van der Waals surface area contributed by atoms with Crippen LogP contribution in [-0.2, 0) is 11.9 Å². The molecule has 92 valence electrons. The van der Waals surface area contributed by atoms with Crippen LogP contribution in [0.2, 0.25) is 0 Å². The standard InChI is InChI=1S/C12H22BrN3/c1-8(2)7-16-11(6-13)14-15-12(16)10(5)9(3)4/h8-10H,6-7H2,1-5H3. The summed E-state index contributed by atoms with van der Waals surface area (Å²) in [5.41, 5.74) is 0. The SMILES string of the molecule is CC(C)Cn1c(CBr)nnc1C(C)C(C)C. The Morgan fingerprint density at radius 3 is 2.19 bits per heavy atom. The smallest absolute Gasteiger partial charge is 0.143 e. The third kappa shape index (κ3) is 3.06. The summed E-state index contributed by atoms with van der Waals surface area (Å²) in [7, 11) is 0. The first kappa shape index (κ1) is 13.7. The molecule has 1 unspecified atom stereocenters. The van der Waals surface area contributed by atoms with E-state index in [4.69, 9.17) is 0 Å². The second-order valence-corrected chi connectivity index (χ2v) is 5.71. The number of halogens is 1. The Hall–Kier alpha value is -0.380. The Labute approximate surface area is 107 Å². The molecule has 0 fully saturated rings. The molecule has 0 bridgehead atoms. The minimum atomic E-state index is 0.457. The number of aromatic nitrogens is 3. The molecule has 1 atom stereocenters. The zero-order valence-corrected chi connectivity index (χ0v) is 12.5. The van der Waals surface area contributed by atoms with Crippen LogP contribution in [0.3, 0.4) is 0 Å². The first-order chi connectivity index (χ1) is 7.47. The Morgan fingerprint density at radius 1 is 1.12 bits per heavy atom. The summed E-state index contributed by atoms with van der Waals surface area (Å²) in [5.74, 6) is 3.83. The molecule has 4 heteroatoms. The van der Waals surface area contributed by atoms with E-state index in [-0.39, 0.29) is 0 Å². The second kappa shape index (κ2) is 5.80. The van der Waals surface area contributed by atoms with Gasteiger partial charge in [-0.3, -0.25) is 0 Å². The predicted octanol–water partition coefficient (Wildman–Crippen LogP) is 3.59. The van der Waals surface area contributed by atoms with Crippen molar-refractivity contribution >= 4 is 15.9 Å². The number of hydrogen-bond acceptors (Lipinski definition) is 2. The van der Waals surface area contributed by atoms with Gasteiger partial charge in [0.1, 0.15) is 11.6 Å². The lowest BCUT2D eigenvalue weighted by Gasteiger charge is -2.18. The molecular weight excluding hydrogens is 266 g/mol. The van der Waals surface area contributed by atoms with Crippen LogP contribution in [0.5, 0.6) is 0 Å². The topological polar surface area (TPSA) is 30.7 Å². The number of hydrogen-bond donors (Lipinski definition) is 0. The zero-order chi connectivity index (χ0) is 12.3. The van der Waals surface area contributed by atoms with Crippen molar-refractivity contribution in [3.8, 4) is 0 Å². The van der Waals surface area contributed by atoms with E-state index in [0.29, 0.717) is 17.8 Å². The molecule has 1 aromatic heterocycles. The highest BCUT2D eigenvalue weighted by molar-refractivity contribution is 9.08. The summed E-state index contributed by atoms with van der Waals surface area (Å²) < 4.78 is 2.27. The number of rotatable bonds is 5. The molecule has 1 heterocycles. The van der Waals surface area contributed by atoms with Crippen molar-refractivity contribution in [3.05, 3.63) is 11.6 Å². The molecule has 0 aliphatic rings. The van der Waals surface area contributed by atoms with Crippen LogP contribution in [0, 0.1) is 11.8 Å². The van der Waals surface area contributed by atoms with Crippen LogP contribution in [0.25, 0.3) is 0 Å². The highest BCUT2D eigenvalue weighted by Crippen LogP contribution is 2.24. The fourth-order valence-electron chi connectivity index (χ4n) is 1.65. The molecule has 0 aromatic carbocycles. The summed E-state index contributed by atoms with van der Waals surface area (Å²) in [5, 5.41) is 9.38. The van der Waals surface area contributed by atoms with E-state index in [1.807, 2.05) is 0 Å². The lowest BCUT2D eigenvalue weighted by atomic mass is 9.97. The van der Waals surface area contributed by atoms with Gasteiger partial charge in [0.25, 0.3) is 0 Å². The molecule has 1 aromatic rings. The molecule has 0 N–H and O–H groups in total. The molecule has 0 aliphatic heterocycles. The zero-order valence-electron chi connectivity index (χ0n) is 10.9. The van der Waals surface area contributed by atoms with Crippen LogP contribution >= 0.6 is 15.9 Å². The van der Waals surface area contributed by atoms with Crippen molar-refractivity contribution in [1.29, 1.82) is 0 Å². The monoisotopic (exact) mass is 287 g/mol. The normalized spacial score (nSPS) is 13.8. The van der Waals surface area contributed by atoms with E-state index in [1.165, 1.54) is 0 Å². The van der Waals surface area contributed by atoms with Crippen molar-refractivity contribution < 1.29 is 0 Å². The van der Waals surface area contributed by atoms with Crippen molar-refractivity contribution in [2.24, 2.45) is 11.8 Å². The quantitative estimate of drug-likeness (QED) is 0.775. The Bertz CT molecular complexity index is 331. The van der Waals surface area contributed by atoms with E-state index < -0.39 is 0 Å². The maximum atomic E-state index is 4.34. The van der Waals surface area contributed by atoms with Crippen LogP contribution in [0.4, 0.5) is 0 Å². The predicted molar refractivity (Wildman–Crippen MR) is 70.7 cm³/mol. The first-order valence-corrected chi connectivity index (χ1v) is 7.07. The maximum absolute atomic E-state index is 4.34. The van der Waals surface area contributed by atoms with E-state index in [0.717, 1.165) is 23.5 Å². The van der Waals surface area contributed by atoms with Crippen LogP contribution in [-0.4, -0.2) is 14.8 Å². The van der Waals surface area contributed by atoms with E-state index in [9.17, 15) is 0 Å². The Balaban J connectivity index is 3.04. The molecule has 0 amide bonds. The van der Waals surface area contributed by atoms with Gasteiger partial charge in [0.05, 0.1) is 5.33 Å². The molecule has 3 nitrogen and oxygen atoms in total. The van der Waals surface area contributed by atoms with Gasteiger partial charge in [-0.05, 0) is 11.8 Å². The largest absolute Gasteiger partial charge is 0.314 e. The maximum Gasteiger partial charge on any atom is 0.143 e. The van der Waals surface area contributed by atoms with Crippen molar-refractivity contribution in [3.63, 3.8) is 0 Å². The van der Waals surface area contributed by atoms with Gasteiger partial charge in [-0.1, -0.05) is 50.5 Å². The third-order valence-corrected chi connectivity index (χ3v) is 3.43. The molecule has 0 radical (unpaired) electrons. The molecule has 0 aliphatic carbocycles. The highest BCUT2D eigenvalue weighted by atomic mass is 79.9. The Morgan fingerprint density at radius 2 is 1.75 bits per heavy atom. The summed E-state index contributed by atoms with van der Waals surface area (Å²) in [6, 6.07) is 0. The summed E-state index contributed by atoms with van der Waals surface area (Å²) in [6.07, 6.45) is 0. The average molecular weight is 288 g/mol. The van der Waals surface area contributed by atoms with Gasteiger partial charge in [0.2, 0.25) is 0 Å². The molecule has 16 heavy (non-hydrogen) atoms. The van der Waals surface area contributed by atoms with Gasteiger partial charge in [0, 0.05) is 12.5 Å². The van der Waals surface area contributed by atoms with Gasteiger partial charge in [0.15, 0.2) is 0 Å². The molecular formula is C12H22BrN3. The lowest BCUT2D eigenvalue weighted by Crippen LogP contribution is -2.15. The van der Waals surface area contributed by atoms with E-state index in [1.54, 1.807) is 0 Å². The molecule has 0 spiro atoms. The summed E-state index contributed by atoms with van der Waals surface area (Å²) in [6.45, 7) is 12.1. The van der Waals surface area contributed by atoms with Gasteiger partial charge in [-0.25, -0.2) is 0 Å². The van der Waals surface area contributed by atoms with E-state index >= 15 is 0 Å². The van der Waals surface area contributed by atoms with Crippen LogP contribution in [0.15, 0.2) is 0 Å². The van der Waals surface area contributed by atoms with E-state index in [2.05, 4.69) is 65.3 Å². The van der Waals surface area contributed by atoms with Gasteiger partial charge in [-0.15, -0.1) is 10.2 Å². The minimum absolute atomic E-state index is 0.457. The summed E-state index contributed by atoms with van der Waals surface area (Å²) in [4.78, 5) is 0. The van der Waals surface area contributed by atoms with Crippen molar-refractivity contribution in [1.82, 2.24) is 14.8 Å².